The van der Waals surface area contributed by atoms with E-state index in [2.05, 4.69) is 4.98 Å². The molecule has 0 aromatic carbocycles. The van der Waals surface area contributed by atoms with E-state index >= 15 is 0 Å². The Morgan fingerprint density at radius 1 is 1.53 bits per heavy atom. The fourth-order valence-electron chi connectivity index (χ4n) is 1.82. The average molecular weight is 285 g/mol. The summed E-state index contributed by atoms with van der Waals surface area (Å²) in [5, 5.41) is 10.6. The zero-order valence-electron chi connectivity index (χ0n) is 11.7. The van der Waals surface area contributed by atoms with Gasteiger partial charge in [0.05, 0.1) is 16.5 Å². The van der Waals surface area contributed by atoms with Crippen molar-refractivity contribution in [2.75, 3.05) is 19.1 Å². The van der Waals surface area contributed by atoms with Gasteiger partial charge in [0.15, 0.2) is 11.4 Å². The molecule has 0 aliphatic carbocycles. The molecule has 1 aromatic heterocycles. The Morgan fingerprint density at radius 3 is 2.63 bits per heavy atom. The molecule has 0 saturated carbocycles. The second kappa shape index (κ2) is 4.73. The number of urea groups is 1. The molecule has 2 rings (SSSR count). The number of rotatable bonds is 3. The lowest BCUT2D eigenvalue weighted by molar-refractivity contribution is 0.0222. The lowest BCUT2D eigenvalue weighted by atomic mass is 10.1. The van der Waals surface area contributed by atoms with Gasteiger partial charge in [-0.2, -0.15) is 0 Å². The van der Waals surface area contributed by atoms with Gasteiger partial charge < -0.3 is 14.7 Å². The molecule has 2 amide bonds. The fourth-order valence-corrected chi connectivity index (χ4v) is 2.84. The third kappa shape index (κ3) is 2.22. The van der Waals surface area contributed by atoms with Gasteiger partial charge in [-0.3, -0.25) is 0 Å². The molecule has 7 heteroatoms. The standard InChI is InChI=1S/C12H19N3O3S/c1-7-9(16)15(11(17)14(7)4)10-13-6-8(19-10)12(2,3)18-5/h6-7,9,16H,1-5H3. The summed E-state index contributed by atoms with van der Waals surface area (Å²) in [5.74, 6) is 0. The van der Waals surface area contributed by atoms with Crippen molar-refractivity contribution in [2.45, 2.75) is 38.6 Å². The monoisotopic (exact) mass is 285 g/mol. The van der Waals surface area contributed by atoms with Crippen molar-refractivity contribution in [1.82, 2.24) is 9.88 Å². The Hall–Kier alpha value is -1.18. The van der Waals surface area contributed by atoms with Crippen LogP contribution in [0.1, 0.15) is 25.6 Å². The lowest BCUT2D eigenvalue weighted by Gasteiger charge is -2.20. The molecule has 106 valence electrons. The van der Waals surface area contributed by atoms with Gasteiger partial charge in [0.1, 0.15) is 0 Å². The number of aromatic nitrogens is 1. The number of thiazole rings is 1. The molecule has 1 aliphatic heterocycles. The van der Waals surface area contributed by atoms with E-state index in [1.165, 1.54) is 21.1 Å². The molecule has 0 spiro atoms. The van der Waals surface area contributed by atoms with Crippen LogP contribution in [0.25, 0.3) is 0 Å². The topological polar surface area (TPSA) is 65.9 Å². The predicted octanol–water partition coefficient (Wildman–Crippen LogP) is 1.60. The van der Waals surface area contributed by atoms with Crippen LogP contribution in [0, 0.1) is 0 Å². The molecule has 1 N–H and O–H groups in total. The van der Waals surface area contributed by atoms with Crippen molar-refractivity contribution >= 4 is 22.5 Å². The van der Waals surface area contributed by atoms with Crippen LogP contribution in [0.2, 0.25) is 0 Å². The maximum absolute atomic E-state index is 12.1. The summed E-state index contributed by atoms with van der Waals surface area (Å²) < 4.78 is 5.39. The Bertz CT molecular complexity index is 488. The number of aliphatic hydroxyl groups excluding tert-OH is 1. The first kappa shape index (κ1) is 14.2. The second-order valence-corrected chi connectivity index (χ2v) is 6.15. The number of hydrogen-bond donors (Lipinski definition) is 1. The minimum Gasteiger partial charge on any atom is -0.373 e. The van der Waals surface area contributed by atoms with Crippen LogP contribution in [0.3, 0.4) is 0 Å². The molecule has 6 nitrogen and oxygen atoms in total. The van der Waals surface area contributed by atoms with Crippen LogP contribution in [0.4, 0.5) is 9.93 Å². The van der Waals surface area contributed by atoms with Crippen molar-refractivity contribution < 1.29 is 14.6 Å². The molecule has 2 unspecified atom stereocenters. The molecule has 0 radical (unpaired) electrons. The number of hydrogen-bond acceptors (Lipinski definition) is 5. The van der Waals surface area contributed by atoms with Crippen LogP contribution >= 0.6 is 11.3 Å². The first-order valence-corrected chi connectivity index (χ1v) is 6.87. The Balaban J connectivity index is 2.31. The average Bonchev–Trinajstić information content (AvgIpc) is 2.92. The maximum Gasteiger partial charge on any atom is 0.328 e. The number of ether oxygens (including phenoxy) is 1. The Labute approximate surface area is 116 Å². The molecule has 19 heavy (non-hydrogen) atoms. The maximum atomic E-state index is 12.1. The van der Waals surface area contributed by atoms with Gasteiger partial charge in [-0.15, -0.1) is 0 Å². The van der Waals surface area contributed by atoms with Crippen LogP contribution in [-0.4, -0.2) is 47.4 Å². The summed E-state index contributed by atoms with van der Waals surface area (Å²) in [6.45, 7) is 5.67. The summed E-state index contributed by atoms with van der Waals surface area (Å²) >= 11 is 1.36. The van der Waals surface area contributed by atoms with Crippen LogP contribution < -0.4 is 4.90 Å². The first-order chi connectivity index (χ1) is 8.79. The molecule has 1 aliphatic rings. The van der Waals surface area contributed by atoms with Gasteiger partial charge in [-0.1, -0.05) is 11.3 Å². The summed E-state index contributed by atoms with van der Waals surface area (Å²) in [6, 6.07) is -0.494. The minimum atomic E-state index is -0.873. The number of carbonyl (C=O) groups is 1. The molecular formula is C12H19N3O3S. The second-order valence-electron chi connectivity index (χ2n) is 5.14. The van der Waals surface area contributed by atoms with Crippen LogP contribution in [-0.2, 0) is 10.3 Å². The van der Waals surface area contributed by atoms with E-state index in [0.29, 0.717) is 5.13 Å². The predicted molar refractivity (Wildman–Crippen MR) is 73.3 cm³/mol. The Kier molecular flexibility index (Phi) is 3.55. The number of methoxy groups -OCH3 is 1. The zero-order chi connectivity index (χ0) is 14.4. The smallest absolute Gasteiger partial charge is 0.328 e. The van der Waals surface area contributed by atoms with Gasteiger partial charge in [0.25, 0.3) is 0 Å². The van der Waals surface area contributed by atoms with Gasteiger partial charge in [0, 0.05) is 20.4 Å². The molecule has 2 heterocycles. The molecule has 1 saturated heterocycles. The quantitative estimate of drug-likeness (QED) is 0.916. The molecular weight excluding hydrogens is 266 g/mol. The number of aliphatic hydroxyl groups is 1. The fraction of sp³-hybridized carbons (Fsp3) is 0.667. The minimum absolute atomic E-state index is 0.240. The van der Waals surface area contributed by atoms with Crippen molar-refractivity contribution in [3.63, 3.8) is 0 Å². The van der Waals surface area contributed by atoms with Crippen molar-refractivity contribution in [2.24, 2.45) is 0 Å². The summed E-state index contributed by atoms with van der Waals surface area (Å²) in [6.07, 6.45) is 0.814. The van der Waals surface area contributed by atoms with E-state index in [0.717, 1.165) is 4.88 Å². The number of carbonyl (C=O) groups excluding carboxylic acids is 1. The number of nitrogens with zero attached hydrogens (tertiary/aromatic N) is 3. The van der Waals surface area contributed by atoms with E-state index < -0.39 is 11.8 Å². The molecule has 0 bridgehead atoms. The number of anilines is 1. The summed E-state index contributed by atoms with van der Waals surface area (Å²) in [5.41, 5.74) is -0.457. The highest BCUT2D eigenvalue weighted by Gasteiger charge is 2.42. The normalized spacial score (nSPS) is 24.4. The first-order valence-electron chi connectivity index (χ1n) is 6.05. The molecule has 1 aromatic rings. The zero-order valence-corrected chi connectivity index (χ0v) is 12.6. The van der Waals surface area contributed by atoms with Crippen molar-refractivity contribution in [3.8, 4) is 0 Å². The van der Waals surface area contributed by atoms with E-state index in [9.17, 15) is 9.90 Å². The SMILES string of the molecule is COC(C)(C)c1cnc(N2C(=O)N(C)C(C)C2O)s1. The summed E-state index contributed by atoms with van der Waals surface area (Å²) in [7, 11) is 3.30. The molecule has 1 fully saturated rings. The van der Waals surface area contributed by atoms with E-state index in [1.807, 2.05) is 13.8 Å². The highest BCUT2D eigenvalue weighted by molar-refractivity contribution is 7.15. The van der Waals surface area contributed by atoms with Crippen molar-refractivity contribution in [1.29, 1.82) is 0 Å². The van der Waals surface area contributed by atoms with Crippen LogP contribution in [0.5, 0.6) is 0 Å². The highest BCUT2D eigenvalue weighted by atomic mass is 32.1. The Morgan fingerprint density at radius 2 is 2.16 bits per heavy atom. The van der Waals surface area contributed by atoms with Crippen LogP contribution in [0.15, 0.2) is 6.20 Å². The highest BCUT2D eigenvalue weighted by Crippen LogP contribution is 2.35. The van der Waals surface area contributed by atoms with E-state index in [1.54, 1.807) is 27.3 Å². The van der Waals surface area contributed by atoms with E-state index in [4.69, 9.17) is 4.74 Å². The molecule has 2 atom stereocenters. The third-order valence-electron chi connectivity index (χ3n) is 3.62. The largest absolute Gasteiger partial charge is 0.373 e. The number of likely N-dealkylation sites (N-methyl/N-ethyl adjacent to an activating group) is 1. The lowest BCUT2D eigenvalue weighted by Crippen LogP contribution is -2.35. The van der Waals surface area contributed by atoms with Crippen molar-refractivity contribution in [3.05, 3.63) is 11.1 Å². The summed E-state index contributed by atoms with van der Waals surface area (Å²) in [4.78, 5) is 20.1. The van der Waals surface area contributed by atoms with Gasteiger partial charge >= 0.3 is 6.03 Å². The third-order valence-corrected chi connectivity index (χ3v) is 4.92. The number of amides is 2. The van der Waals surface area contributed by atoms with Gasteiger partial charge in [0.2, 0.25) is 0 Å². The van der Waals surface area contributed by atoms with E-state index in [-0.39, 0.29) is 12.1 Å². The van der Waals surface area contributed by atoms with Gasteiger partial charge in [-0.25, -0.2) is 14.7 Å². The van der Waals surface area contributed by atoms with Gasteiger partial charge in [-0.05, 0) is 20.8 Å².